The molecule has 2 aromatic carbocycles. The highest BCUT2D eigenvalue weighted by molar-refractivity contribution is 7.72. The second-order valence-corrected chi connectivity index (χ2v) is 9.49. The largest absolute Gasteiger partial charge is 0.492 e. The van der Waals surface area contributed by atoms with E-state index >= 15 is 0 Å². The number of amides is 1. The van der Waals surface area contributed by atoms with E-state index in [4.69, 9.17) is 4.74 Å². The van der Waals surface area contributed by atoms with E-state index in [0.717, 1.165) is 32.5 Å². The minimum Gasteiger partial charge on any atom is -0.492 e. The van der Waals surface area contributed by atoms with Gasteiger partial charge in [0.15, 0.2) is 10.7 Å². The van der Waals surface area contributed by atoms with Gasteiger partial charge in [-0.1, -0.05) is 30.3 Å². The Hall–Kier alpha value is -2.42. The van der Waals surface area contributed by atoms with Gasteiger partial charge in [-0.05, 0) is 62.2 Å². The average molecular weight is 458 g/mol. The lowest BCUT2D eigenvalue weighted by Gasteiger charge is -2.32. The van der Waals surface area contributed by atoms with E-state index in [0.29, 0.717) is 35.9 Å². The predicted molar refractivity (Wildman–Crippen MR) is 125 cm³/mol. The lowest BCUT2D eigenvalue weighted by Crippen LogP contribution is -2.44. The number of hydrogen-bond donors (Lipinski definition) is 3. The minimum absolute atomic E-state index is 0.354. The third-order valence-corrected chi connectivity index (χ3v) is 6.63. The van der Waals surface area contributed by atoms with E-state index in [1.165, 1.54) is 12.0 Å². The van der Waals surface area contributed by atoms with Crippen molar-refractivity contribution in [2.45, 2.75) is 37.3 Å². The van der Waals surface area contributed by atoms with Crippen LogP contribution in [0.2, 0.25) is 0 Å². The molecule has 0 radical (unpaired) electrons. The first-order chi connectivity index (χ1) is 15.6. The lowest BCUT2D eigenvalue weighted by molar-refractivity contribution is 0.0960. The highest BCUT2D eigenvalue weighted by atomic mass is 32.2. The SMILES string of the molecule is O=C(NC[SH](=O)=O)c1ccc(OCCN2CCC(N[C@@H]3C[C@H]3c3ccccc3)CC2)cc1. The van der Waals surface area contributed by atoms with E-state index in [9.17, 15) is 13.2 Å². The molecule has 1 aliphatic carbocycles. The summed E-state index contributed by atoms with van der Waals surface area (Å²) in [5.41, 5.74) is 1.86. The molecule has 2 atom stereocenters. The molecule has 0 aromatic heterocycles. The molecule has 1 heterocycles. The predicted octanol–water partition coefficient (Wildman–Crippen LogP) is 1.97. The van der Waals surface area contributed by atoms with Crippen LogP contribution >= 0.6 is 0 Å². The number of hydrogen-bond acceptors (Lipinski definition) is 6. The number of ether oxygens (including phenoxy) is 1. The normalized spacial score (nSPS) is 21.4. The van der Waals surface area contributed by atoms with Crippen LogP contribution in [0, 0.1) is 0 Å². The van der Waals surface area contributed by atoms with Gasteiger partial charge >= 0.3 is 0 Å². The number of rotatable bonds is 10. The Morgan fingerprint density at radius 1 is 1.03 bits per heavy atom. The summed E-state index contributed by atoms with van der Waals surface area (Å²) in [6.07, 6.45) is 3.57. The summed E-state index contributed by atoms with van der Waals surface area (Å²) in [5.74, 6) is 0.617. The average Bonchev–Trinajstić information content (AvgIpc) is 3.59. The zero-order chi connectivity index (χ0) is 22.3. The van der Waals surface area contributed by atoms with Crippen molar-refractivity contribution >= 4 is 16.6 Å². The highest BCUT2D eigenvalue weighted by Gasteiger charge is 2.39. The van der Waals surface area contributed by atoms with Crippen LogP contribution in [0.1, 0.15) is 41.1 Å². The van der Waals surface area contributed by atoms with Crippen molar-refractivity contribution in [3.63, 3.8) is 0 Å². The summed E-state index contributed by atoms with van der Waals surface area (Å²) < 4.78 is 27.0. The fourth-order valence-corrected chi connectivity index (χ4v) is 4.58. The summed E-state index contributed by atoms with van der Waals surface area (Å²) >= 11 is 0. The topological polar surface area (TPSA) is 87.7 Å². The molecular weight excluding hydrogens is 426 g/mol. The minimum atomic E-state index is -2.63. The van der Waals surface area contributed by atoms with Crippen molar-refractivity contribution in [3.05, 3.63) is 65.7 Å². The van der Waals surface area contributed by atoms with Gasteiger partial charge in [-0.15, -0.1) is 0 Å². The first kappa shape index (κ1) is 22.8. The molecule has 4 rings (SSSR count). The van der Waals surface area contributed by atoms with E-state index in [1.54, 1.807) is 24.3 Å². The van der Waals surface area contributed by atoms with Crippen LogP contribution in [0.4, 0.5) is 0 Å². The third kappa shape index (κ3) is 6.54. The van der Waals surface area contributed by atoms with Gasteiger partial charge in [0.2, 0.25) is 0 Å². The van der Waals surface area contributed by atoms with Crippen molar-refractivity contribution in [2.24, 2.45) is 0 Å². The number of nitrogens with zero attached hydrogens (tertiary/aromatic N) is 1. The molecule has 0 unspecified atom stereocenters. The maximum Gasteiger partial charge on any atom is 0.252 e. The molecule has 8 heteroatoms. The molecule has 0 spiro atoms. The van der Waals surface area contributed by atoms with Crippen LogP contribution in [0.5, 0.6) is 5.75 Å². The number of carbonyl (C=O) groups is 1. The maximum absolute atomic E-state index is 11.8. The van der Waals surface area contributed by atoms with Crippen molar-refractivity contribution in [1.29, 1.82) is 0 Å². The highest BCUT2D eigenvalue weighted by Crippen LogP contribution is 2.41. The van der Waals surface area contributed by atoms with Crippen LogP contribution in [-0.4, -0.2) is 63.4 Å². The fourth-order valence-electron chi connectivity index (χ4n) is 4.31. The molecule has 2 fully saturated rings. The first-order valence-corrected chi connectivity index (χ1v) is 12.6. The van der Waals surface area contributed by atoms with E-state index in [2.05, 4.69) is 45.9 Å². The maximum atomic E-state index is 11.8. The number of benzene rings is 2. The number of thiol groups is 1. The smallest absolute Gasteiger partial charge is 0.252 e. The van der Waals surface area contributed by atoms with E-state index in [1.807, 2.05) is 0 Å². The third-order valence-electron chi connectivity index (χ3n) is 6.22. The van der Waals surface area contributed by atoms with Crippen molar-refractivity contribution in [1.82, 2.24) is 15.5 Å². The molecule has 1 saturated heterocycles. The van der Waals surface area contributed by atoms with Crippen molar-refractivity contribution < 1.29 is 17.9 Å². The van der Waals surface area contributed by atoms with Crippen LogP contribution in [0.15, 0.2) is 54.6 Å². The molecule has 7 nitrogen and oxygen atoms in total. The summed E-state index contributed by atoms with van der Waals surface area (Å²) in [6, 6.07) is 18.8. The molecule has 172 valence electrons. The molecule has 1 saturated carbocycles. The number of carbonyl (C=O) groups excluding carboxylic acids is 1. The van der Waals surface area contributed by atoms with Crippen LogP contribution in [-0.2, 0) is 10.7 Å². The summed E-state index contributed by atoms with van der Waals surface area (Å²) in [4.78, 5) is 14.3. The Bertz CT molecular complexity index is 949. The molecule has 32 heavy (non-hydrogen) atoms. The Labute approximate surface area is 191 Å². The van der Waals surface area contributed by atoms with Gasteiger partial charge in [0.05, 0.1) is 0 Å². The fraction of sp³-hybridized carbons (Fsp3) is 0.458. The summed E-state index contributed by atoms with van der Waals surface area (Å²) in [5, 5.41) is 6.20. The second-order valence-electron chi connectivity index (χ2n) is 8.51. The molecular formula is C24H31N3O4S. The van der Waals surface area contributed by atoms with Gasteiger partial charge in [0.25, 0.3) is 5.91 Å². The zero-order valence-electron chi connectivity index (χ0n) is 18.1. The quantitative estimate of drug-likeness (QED) is 0.473. The second kappa shape index (κ2) is 10.9. The standard InChI is InChI=1S/C24H31N3O4S/c28-24(25-17-32(29)30)19-6-8-21(9-7-19)31-15-14-27-12-10-20(11-13-27)26-23-16-22(23)18-4-2-1-3-5-18/h1-9,20,22-23,26,32H,10-17H2,(H,25,28)/t22-,23+/m0/s1. The van der Waals surface area contributed by atoms with Gasteiger partial charge in [-0.2, -0.15) is 0 Å². The van der Waals surface area contributed by atoms with Gasteiger partial charge in [0.1, 0.15) is 18.2 Å². The van der Waals surface area contributed by atoms with Crippen LogP contribution < -0.4 is 15.4 Å². The molecule has 1 aliphatic heterocycles. The molecule has 0 bridgehead atoms. The Kier molecular flexibility index (Phi) is 7.78. The van der Waals surface area contributed by atoms with Crippen LogP contribution in [0.25, 0.3) is 0 Å². The van der Waals surface area contributed by atoms with Gasteiger partial charge in [0, 0.05) is 30.1 Å². The van der Waals surface area contributed by atoms with E-state index < -0.39 is 16.6 Å². The number of piperidine rings is 1. The monoisotopic (exact) mass is 457 g/mol. The van der Waals surface area contributed by atoms with Gasteiger partial charge < -0.3 is 15.4 Å². The zero-order valence-corrected chi connectivity index (χ0v) is 19.0. The Morgan fingerprint density at radius 2 is 1.75 bits per heavy atom. The van der Waals surface area contributed by atoms with Gasteiger partial charge in [-0.25, -0.2) is 8.42 Å². The Balaban J connectivity index is 1.11. The summed E-state index contributed by atoms with van der Waals surface area (Å²) in [7, 11) is -2.63. The van der Waals surface area contributed by atoms with E-state index in [-0.39, 0.29) is 5.88 Å². The molecule has 2 N–H and O–H groups in total. The lowest BCUT2D eigenvalue weighted by atomic mass is 10.0. The summed E-state index contributed by atoms with van der Waals surface area (Å²) in [6.45, 7) is 3.62. The molecule has 2 aliphatic rings. The van der Waals surface area contributed by atoms with Crippen LogP contribution in [0.3, 0.4) is 0 Å². The van der Waals surface area contributed by atoms with Crippen molar-refractivity contribution in [2.75, 3.05) is 32.1 Å². The number of nitrogens with one attached hydrogen (secondary N) is 2. The molecule has 1 amide bonds. The Morgan fingerprint density at radius 3 is 2.44 bits per heavy atom. The number of likely N-dealkylation sites (tertiary alicyclic amines) is 1. The van der Waals surface area contributed by atoms with Crippen molar-refractivity contribution in [3.8, 4) is 5.75 Å². The first-order valence-electron chi connectivity index (χ1n) is 11.2. The van der Waals surface area contributed by atoms with Gasteiger partial charge in [-0.3, -0.25) is 9.69 Å². The molecule has 2 aromatic rings.